The molecule has 0 heterocycles. The maximum atomic E-state index is 11.3. The summed E-state index contributed by atoms with van der Waals surface area (Å²) < 4.78 is 43.3. The molecular weight excluding hydrogens is 405 g/mol. The van der Waals surface area contributed by atoms with Crippen molar-refractivity contribution in [1.82, 2.24) is 0 Å². The first-order chi connectivity index (χ1) is 10.6. The van der Waals surface area contributed by atoms with Gasteiger partial charge in [0.1, 0.15) is 24.4 Å². The zero-order chi connectivity index (χ0) is 19.3. The fourth-order valence-electron chi connectivity index (χ4n) is 1.08. The summed E-state index contributed by atoms with van der Waals surface area (Å²) in [5, 5.41) is 36.8. The number of aliphatic hydroxyl groups is 4. The van der Waals surface area contributed by atoms with Crippen LogP contribution in [-0.2, 0) is 31.6 Å². The predicted octanol–water partition coefficient (Wildman–Crippen LogP) is -3.03. The van der Waals surface area contributed by atoms with Gasteiger partial charge in [-0.3, -0.25) is 4.52 Å². The Labute approximate surface area is 133 Å². The number of carbonyl (C=O) groups excluding carboxylic acids is 1. The van der Waals surface area contributed by atoms with Gasteiger partial charge >= 0.3 is 23.5 Å². The number of aldehydes is 1. The van der Waals surface area contributed by atoms with E-state index in [1.54, 1.807) is 0 Å². The van der Waals surface area contributed by atoms with Gasteiger partial charge in [-0.2, -0.15) is 8.62 Å². The first-order valence-electron chi connectivity index (χ1n) is 5.56. The van der Waals surface area contributed by atoms with Crippen molar-refractivity contribution in [3.63, 3.8) is 0 Å². The fourth-order valence-corrected chi connectivity index (χ4v) is 4.12. The highest BCUT2D eigenvalue weighted by atomic mass is 31.3. The van der Waals surface area contributed by atoms with E-state index < -0.39 is 54.5 Å². The third-order valence-electron chi connectivity index (χ3n) is 2.06. The fraction of sp³-hybridized carbons (Fsp3) is 0.833. The van der Waals surface area contributed by atoms with Crippen molar-refractivity contribution in [3.8, 4) is 0 Å². The molecule has 0 aromatic rings. The van der Waals surface area contributed by atoms with Crippen molar-refractivity contribution < 1.29 is 71.6 Å². The Morgan fingerprint density at radius 1 is 0.833 bits per heavy atom. The van der Waals surface area contributed by atoms with Gasteiger partial charge in [-0.05, 0) is 0 Å². The monoisotopic (exact) mass is 420 g/mol. The normalized spacial score (nSPS) is 22.7. The van der Waals surface area contributed by atoms with Gasteiger partial charge in [0, 0.05) is 0 Å². The lowest BCUT2D eigenvalue weighted by Gasteiger charge is -2.24. The van der Waals surface area contributed by atoms with Crippen LogP contribution in [0.1, 0.15) is 0 Å². The zero-order valence-corrected chi connectivity index (χ0v) is 14.1. The second kappa shape index (κ2) is 9.03. The Bertz CT molecular complexity index is 555. The molecule has 0 aromatic heterocycles. The molecule has 0 saturated carbocycles. The molecule has 2 unspecified atom stereocenters. The van der Waals surface area contributed by atoms with Gasteiger partial charge in [-0.15, -0.1) is 0 Å². The summed E-state index contributed by atoms with van der Waals surface area (Å²) in [6.07, 6.45) is -8.89. The smallest absolute Gasteiger partial charge is 0.388 e. The lowest BCUT2D eigenvalue weighted by atomic mass is 10.0. The van der Waals surface area contributed by atoms with E-state index in [0.717, 1.165) is 0 Å². The molecule has 0 aromatic carbocycles. The van der Waals surface area contributed by atoms with Crippen LogP contribution in [0.4, 0.5) is 0 Å². The van der Waals surface area contributed by atoms with Crippen LogP contribution in [-0.4, -0.2) is 77.3 Å². The van der Waals surface area contributed by atoms with E-state index in [1.807, 2.05) is 0 Å². The lowest BCUT2D eigenvalue weighted by molar-refractivity contribution is -0.136. The van der Waals surface area contributed by atoms with Crippen molar-refractivity contribution in [3.05, 3.63) is 0 Å². The van der Waals surface area contributed by atoms with Crippen molar-refractivity contribution in [2.24, 2.45) is 0 Å². The highest BCUT2D eigenvalue weighted by molar-refractivity contribution is 7.66. The van der Waals surface area contributed by atoms with Gasteiger partial charge in [0.15, 0.2) is 6.29 Å². The molecule has 0 aliphatic carbocycles. The zero-order valence-electron chi connectivity index (χ0n) is 11.4. The molecule has 0 fully saturated rings. The number of hydrogen-bond donors (Lipinski definition) is 8. The standard InChI is InChI=1S/C6H15O15P3/c7-1-3(8)5(10)6(11)4(9)2-19-23(15,16)21-24(17,18)20-22(12,13)14/h1,3-6,8-11H,2H2,(H,15,16)(H,17,18)(H2,12,13,14)/t3-,4+,5+,6+/m0/s1. The summed E-state index contributed by atoms with van der Waals surface area (Å²) in [4.78, 5) is 44.7. The van der Waals surface area contributed by atoms with E-state index in [1.165, 1.54) is 0 Å². The summed E-state index contributed by atoms with van der Waals surface area (Å²) in [5.41, 5.74) is 0. The summed E-state index contributed by atoms with van der Waals surface area (Å²) in [6, 6.07) is 0. The summed E-state index contributed by atoms with van der Waals surface area (Å²) in [6.45, 7) is -1.33. The van der Waals surface area contributed by atoms with Gasteiger partial charge in [-0.25, -0.2) is 13.7 Å². The first kappa shape index (κ1) is 23.9. The maximum absolute atomic E-state index is 11.3. The molecule has 8 N–H and O–H groups in total. The van der Waals surface area contributed by atoms with E-state index >= 15 is 0 Å². The van der Waals surface area contributed by atoms with Crippen LogP contribution in [0.15, 0.2) is 0 Å². The second-order valence-electron chi connectivity index (χ2n) is 4.06. The molecular formula is C6H15O15P3. The number of phosphoric acid groups is 3. The predicted molar refractivity (Wildman–Crippen MR) is 69.9 cm³/mol. The van der Waals surface area contributed by atoms with E-state index in [9.17, 15) is 33.8 Å². The Morgan fingerprint density at radius 3 is 1.75 bits per heavy atom. The molecule has 0 radical (unpaired) electrons. The average molecular weight is 420 g/mol. The topological polar surface area (TPSA) is 258 Å². The summed E-state index contributed by atoms with van der Waals surface area (Å²) in [5.74, 6) is 0. The number of phosphoric ester groups is 1. The molecule has 0 bridgehead atoms. The Hall–Kier alpha value is -0.0800. The Morgan fingerprint density at radius 2 is 1.33 bits per heavy atom. The highest BCUT2D eigenvalue weighted by Gasteiger charge is 2.41. The number of aliphatic hydroxyl groups excluding tert-OH is 4. The van der Waals surface area contributed by atoms with E-state index in [-0.39, 0.29) is 6.29 Å². The molecule has 6 atom stereocenters. The van der Waals surface area contributed by atoms with E-state index in [0.29, 0.717) is 0 Å². The largest absolute Gasteiger partial charge is 0.490 e. The molecule has 0 saturated heterocycles. The van der Waals surface area contributed by atoms with Gasteiger partial charge in [0.05, 0.1) is 6.61 Å². The first-order valence-corrected chi connectivity index (χ1v) is 10.1. The summed E-state index contributed by atoms with van der Waals surface area (Å²) in [7, 11) is -16.8. The van der Waals surface area contributed by atoms with E-state index in [2.05, 4.69) is 13.1 Å². The molecule has 0 spiro atoms. The minimum atomic E-state index is -5.74. The van der Waals surface area contributed by atoms with Crippen molar-refractivity contribution in [2.45, 2.75) is 24.4 Å². The van der Waals surface area contributed by atoms with Crippen LogP contribution < -0.4 is 0 Å². The molecule has 18 heteroatoms. The average Bonchev–Trinajstić information content (AvgIpc) is 2.38. The van der Waals surface area contributed by atoms with Crippen molar-refractivity contribution >= 4 is 29.8 Å². The lowest BCUT2D eigenvalue weighted by Crippen LogP contribution is -2.46. The minimum Gasteiger partial charge on any atom is -0.388 e. The van der Waals surface area contributed by atoms with Gasteiger partial charge in [0.25, 0.3) is 0 Å². The minimum absolute atomic E-state index is 0.178. The third-order valence-corrected chi connectivity index (χ3v) is 5.86. The molecule has 0 rings (SSSR count). The Balaban J connectivity index is 4.72. The number of hydrogen-bond acceptors (Lipinski definition) is 11. The third kappa shape index (κ3) is 9.42. The summed E-state index contributed by atoms with van der Waals surface area (Å²) >= 11 is 0. The van der Waals surface area contributed by atoms with Crippen LogP contribution in [0.3, 0.4) is 0 Å². The quantitative estimate of drug-likeness (QED) is 0.122. The van der Waals surface area contributed by atoms with Crippen molar-refractivity contribution in [1.29, 1.82) is 0 Å². The van der Waals surface area contributed by atoms with Crippen LogP contribution in [0, 0.1) is 0 Å². The molecule has 24 heavy (non-hydrogen) atoms. The maximum Gasteiger partial charge on any atom is 0.490 e. The highest BCUT2D eigenvalue weighted by Crippen LogP contribution is 2.66. The van der Waals surface area contributed by atoms with Crippen LogP contribution >= 0.6 is 23.5 Å². The second-order valence-corrected chi connectivity index (χ2v) is 8.48. The molecule has 0 aliphatic rings. The molecule has 0 amide bonds. The molecule has 0 aliphatic heterocycles. The van der Waals surface area contributed by atoms with Crippen LogP contribution in [0.2, 0.25) is 0 Å². The SMILES string of the molecule is O=C[C@H](O)[C@@H](O)[C@H](O)[C@H](O)COP(=O)(O)OP(=O)(O)OP(=O)(O)O. The Kier molecular flexibility index (Phi) is 9.00. The molecule has 144 valence electrons. The van der Waals surface area contributed by atoms with Crippen LogP contribution in [0.5, 0.6) is 0 Å². The van der Waals surface area contributed by atoms with Crippen LogP contribution in [0.25, 0.3) is 0 Å². The number of rotatable bonds is 11. The molecule has 15 nitrogen and oxygen atoms in total. The number of carbonyl (C=O) groups is 1. The van der Waals surface area contributed by atoms with E-state index in [4.69, 9.17) is 24.7 Å². The van der Waals surface area contributed by atoms with Crippen molar-refractivity contribution in [2.75, 3.05) is 6.61 Å². The van der Waals surface area contributed by atoms with Gasteiger partial charge in [-0.1, -0.05) is 0 Å². The van der Waals surface area contributed by atoms with Gasteiger partial charge in [0.2, 0.25) is 0 Å². The van der Waals surface area contributed by atoms with Gasteiger partial charge < -0.3 is 44.8 Å².